The van der Waals surface area contributed by atoms with E-state index in [1.165, 1.54) is 7.11 Å². The summed E-state index contributed by atoms with van der Waals surface area (Å²) in [6.45, 7) is 4.34. The first-order chi connectivity index (χ1) is 15.0. The summed E-state index contributed by atoms with van der Waals surface area (Å²) in [5, 5.41) is 4.72. The largest absolute Gasteiger partial charge is 0.497 e. The molecule has 3 aromatic rings. The summed E-state index contributed by atoms with van der Waals surface area (Å²) in [5.74, 6) is -0.298. The van der Waals surface area contributed by atoms with E-state index in [1.54, 1.807) is 29.8 Å². The monoisotopic (exact) mass is 421 g/mol. The van der Waals surface area contributed by atoms with Gasteiger partial charge in [-0.3, -0.25) is 9.59 Å². The summed E-state index contributed by atoms with van der Waals surface area (Å²) < 4.78 is 11.9. The van der Waals surface area contributed by atoms with E-state index in [-0.39, 0.29) is 18.4 Å². The SMILES string of the molecule is CCN(CC(C)C(=O)OC)C(=O)c1cn(-c2ccccc2)nc1-c1cccc(OC)c1. The molecule has 0 radical (unpaired) electrons. The van der Waals surface area contributed by atoms with E-state index in [2.05, 4.69) is 0 Å². The van der Waals surface area contributed by atoms with Crippen LogP contribution in [0.25, 0.3) is 16.9 Å². The summed E-state index contributed by atoms with van der Waals surface area (Å²) in [6.07, 6.45) is 1.73. The summed E-state index contributed by atoms with van der Waals surface area (Å²) in [4.78, 5) is 27.0. The average Bonchev–Trinajstić information content (AvgIpc) is 3.27. The second kappa shape index (κ2) is 9.93. The fraction of sp³-hybridized carbons (Fsp3) is 0.292. The molecule has 0 saturated heterocycles. The van der Waals surface area contributed by atoms with Gasteiger partial charge in [-0.05, 0) is 31.2 Å². The number of carbonyl (C=O) groups is 2. The Hall–Kier alpha value is -3.61. The molecule has 1 amide bonds. The van der Waals surface area contributed by atoms with E-state index < -0.39 is 5.92 Å². The van der Waals surface area contributed by atoms with Crippen molar-refractivity contribution in [3.63, 3.8) is 0 Å². The fourth-order valence-corrected chi connectivity index (χ4v) is 3.36. The molecule has 31 heavy (non-hydrogen) atoms. The lowest BCUT2D eigenvalue weighted by atomic mass is 10.1. The summed E-state index contributed by atoms with van der Waals surface area (Å²) in [6, 6.07) is 17.1. The van der Waals surface area contributed by atoms with Gasteiger partial charge in [0, 0.05) is 24.8 Å². The zero-order chi connectivity index (χ0) is 22.4. The number of amides is 1. The highest BCUT2D eigenvalue weighted by atomic mass is 16.5. The number of nitrogens with zero attached hydrogens (tertiary/aromatic N) is 3. The minimum Gasteiger partial charge on any atom is -0.497 e. The smallest absolute Gasteiger partial charge is 0.310 e. The Morgan fingerprint density at radius 3 is 2.48 bits per heavy atom. The molecule has 0 saturated carbocycles. The van der Waals surface area contributed by atoms with Crippen molar-refractivity contribution in [1.29, 1.82) is 0 Å². The molecule has 7 heteroatoms. The molecular formula is C24H27N3O4. The first-order valence-corrected chi connectivity index (χ1v) is 10.1. The van der Waals surface area contributed by atoms with E-state index in [0.717, 1.165) is 11.3 Å². The van der Waals surface area contributed by atoms with Gasteiger partial charge in [-0.15, -0.1) is 0 Å². The van der Waals surface area contributed by atoms with Gasteiger partial charge in [0.2, 0.25) is 0 Å². The normalized spacial score (nSPS) is 11.6. The molecule has 0 bridgehead atoms. The maximum Gasteiger partial charge on any atom is 0.310 e. The van der Waals surface area contributed by atoms with Crippen LogP contribution in [0.4, 0.5) is 0 Å². The van der Waals surface area contributed by atoms with Crippen LogP contribution >= 0.6 is 0 Å². The third kappa shape index (κ3) is 4.94. The van der Waals surface area contributed by atoms with Gasteiger partial charge in [0.15, 0.2) is 0 Å². The van der Waals surface area contributed by atoms with E-state index >= 15 is 0 Å². The molecular weight excluding hydrogens is 394 g/mol. The molecule has 1 unspecified atom stereocenters. The third-order valence-electron chi connectivity index (χ3n) is 5.08. The second-order valence-electron chi connectivity index (χ2n) is 7.17. The predicted octanol–water partition coefficient (Wildman–Crippen LogP) is 3.82. The second-order valence-corrected chi connectivity index (χ2v) is 7.17. The zero-order valence-corrected chi connectivity index (χ0v) is 18.2. The Bertz CT molecular complexity index is 1050. The number of esters is 1. The van der Waals surface area contributed by atoms with Crippen LogP contribution in [0.1, 0.15) is 24.2 Å². The van der Waals surface area contributed by atoms with Gasteiger partial charge in [-0.2, -0.15) is 5.10 Å². The Balaban J connectivity index is 2.05. The molecule has 1 aromatic heterocycles. The van der Waals surface area contributed by atoms with Crippen molar-refractivity contribution >= 4 is 11.9 Å². The summed E-state index contributed by atoms with van der Waals surface area (Å²) in [7, 11) is 2.95. The molecule has 0 aliphatic carbocycles. The highest BCUT2D eigenvalue weighted by Crippen LogP contribution is 2.28. The van der Waals surface area contributed by atoms with E-state index in [4.69, 9.17) is 14.6 Å². The van der Waals surface area contributed by atoms with Gasteiger partial charge in [0.1, 0.15) is 11.4 Å². The first kappa shape index (κ1) is 22.1. The zero-order valence-electron chi connectivity index (χ0n) is 18.2. The molecule has 7 nitrogen and oxygen atoms in total. The van der Waals surface area contributed by atoms with Gasteiger partial charge in [-0.25, -0.2) is 4.68 Å². The van der Waals surface area contributed by atoms with Crippen LogP contribution in [0.3, 0.4) is 0 Å². The van der Waals surface area contributed by atoms with Crippen LogP contribution in [-0.4, -0.2) is 53.9 Å². The average molecular weight is 421 g/mol. The summed E-state index contributed by atoms with van der Waals surface area (Å²) in [5.41, 5.74) is 2.62. The van der Waals surface area contributed by atoms with Gasteiger partial charge in [0.25, 0.3) is 5.91 Å². The standard InChI is InChI=1S/C24H27N3O4/c1-5-26(15-17(2)24(29)31-4)23(28)21-16-27(19-11-7-6-8-12-19)25-22(21)18-10-9-13-20(14-18)30-3/h6-14,16-17H,5,15H2,1-4H3. The van der Waals surface area contributed by atoms with Crippen LogP contribution in [0.5, 0.6) is 5.75 Å². The molecule has 162 valence electrons. The molecule has 0 N–H and O–H groups in total. The maximum atomic E-state index is 13.5. The van der Waals surface area contributed by atoms with Gasteiger partial charge < -0.3 is 14.4 Å². The minimum atomic E-state index is -0.432. The molecule has 0 aliphatic rings. The topological polar surface area (TPSA) is 73.7 Å². The molecule has 1 atom stereocenters. The predicted molar refractivity (Wildman–Crippen MR) is 118 cm³/mol. The Morgan fingerprint density at radius 2 is 1.84 bits per heavy atom. The molecule has 3 rings (SSSR count). The van der Waals surface area contributed by atoms with E-state index in [0.29, 0.717) is 23.6 Å². The number of ether oxygens (including phenoxy) is 2. The molecule has 0 spiro atoms. The molecule has 0 fully saturated rings. The third-order valence-corrected chi connectivity index (χ3v) is 5.08. The maximum absolute atomic E-state index is 13.5. The number of hydrogen-bond donors (Lipinski definition) is 0. The van der Waals surface area contributed by atoms with Crippen LogP contribution in [0, 0.1) is 5.92 Å². The lowest BCUT2D eigenvalue weighted by Gasteiger charge is -2.23. The Kier molecular flexibility index (Phi) is 7.07. The van der Waals surface area contributed by atoms with Crippen molar-refractivity contribution in [2.75, 3.05) is 27.3 Å². The number of aromatic nitrogens is 2. The number of rotatable bonds is 8. The van der Waals surface area contributed by atoms with Crippen LogP contribution in [0.2, 0.25) is 0 Å². The van der Waals surface area contributed by atoms with E-state index in [1.807, 2.05) is 61.5 Å². The van der Waals surface area contributed by atoms with Crippen molar-refractivity contribution in [2.24, 2.45) is 5.92 Å². The fourth-order valence-electron chi connectivity index (χ4n) is 3.36. The van der Waals surface area contributed by atoms with Crippen LogP contribution in [-0.2, 0) is 9.53 Å². The van der Waals surface area contributed by atoms with Crippen molar-refractivity contribution < 1.29 is 19.1 Å². The number of benzene rings is 2. The Morgan fingerprint density at radius 1 is 1.10 bits per heavy atom. The number of methoxy groups -OCH3 is 2. The first-order valence-electron chi connectivity index (χ1n) is 10.1. The lowest BCUT2D eigenvalue weighted by Crippen LogP contribution is -2.37. The highest BCUT2D eigenvalue weighted by molar-refractivity contribution is 6.00. The van der Waals surface area contributed by atoms with Gasteiger partial charge >= 0.3 is 5.97 Å². The van der Waals surface area contributed by atoms with Crippen molar-refractivity contribution in [3.8, 4) is 22.7 Å². The van der Waals surface area contributed by atoms with Gasteiger partial charge in [-0.1, -0.05) is 37.3 Å². The van der Waals surface area contributed by atoms with Crippen LogP contribution in [0.15, 0.2) is 60.8 Å². The minimum absolute atomic E-state index is 0.196. The molecule has 2 aromatic carbocycles. The van der Waals surface area contributed by atoms with Crippen molar-refractivity contribution in [1.82, 2.24) is 14.7 Å². The number of carbonyl (C=O) groups excluding carboxylic acids is 2. The van der Waals surface area contributed by atoms with Crippen LogP contribution < -0.4 is 4.74 Å². The highest BCUT2D eigenvalue weighted by Gasteiger charge is 2.26. The summed E-state index contributed by atoms with van der Waals surface area (Å²) >= 11 is 0. The van der Waals surface area contributed by atoms with Crippen molar-refractivity contribution in [2.45, 2.75) is 13.8 Å². The number of para-hydroxylation sites is 1. The van der Waals surface area contributed by atoms with Crippen molar-refractivity contribution in [3.05, 3.63) is 66.4 Å². The molecule has 1 heterocycles. The Labute approximate surface area is 182 Å². The quantitative estimate of drug-likeness (QED) is 0.517. The van der Waals surface area contributed by atoms with E-state index in [9.17, 15) is 9.59 Å². The lowest BCUT2D eigenvalue weighted by molar-refractivity contribution is -0.145. The van der Waals surface area contributed by atoms with Gasteiger partial charge in [0.05, 0.1) is 31.4 Å². The number of hydrogen-bond acceptors (Lipinski definition) is 5. The molecule has 0 aliphatic heterocycles.